The quantitative estimate of drug-likeness (QED) is 0.642. The van der Waals surface area contributed by atoms with Crippen molar-refractivity contribution in [2.45, 2.75) is 12.8 Å². The Labute approximate surface area is 127 Å². The maximum Gasteiger partial charge on any atom is 0.337 e. The Kier molecular flexibility index (Phi) is 4.03. The zero-order valence-corrected chi connectivity index (χ0v) is 11.9. The van der Waals surface area contributed by atoms with E-state index in [0.29, 0.717) is 11.1 Å². The number of nitrogens with two attached hydrogens (primary N) is 2. The van der Waals surface area contributed by atoms with Gasteiger partial charge >= 0.3 is 11.9 Å². The van der Waals surface area contributed by atoms with Gasteiger partial charge in [-0.3, -0.25) is 0 Å². The van der Waals surface area contributed by atoms with Crippen LogP contribution in [0.25, 0.3) is 0 Å². The zero-order valence-electron chi connectivity index (χ0n) is 11.9. The fraction of sp³-hybridized carbons (Fsp3) is 0.125. The molecule has 0 bridgehead atoms. The maximum atomic E-state index is 11.2. The number of para-hydroxylation sites is 2. The van der Waals surface area contributed by atoms with E-state index in [1.165, 1.54) is 12.1 Å². The molecular formula is C16H16N2O4. The highest BCUT2D eigenvalue weighted by Gasteiger charge is 2.20. The van der Waals surface area contributed by atoms with Gasteiger partial charge in [-0.2, -0.15) is 0 Å². The van der Waals surface area contributed by atoms with Crippen LogP contribution in [0, 0.1) is 0 Å². The summed E-state index contributed by atoms with van der Waals surface area (Å²) < 4.78 is 0. The standard InChI is InChI=1S/C16H16N2O4/c1-8(9-4-2-6-11(13(9)17)15(19)20)10-5-3-7-12(14(10)18)16(21)22/h2-8H,17-18H2,1H3,(H,19,20)(H,21,22). The van der Waals surface area contributed by atoms with Gasteiger partial charge in [0.2, 0.25) is 0 Å². The van der Waals surface area contributed by atoms with Crippen LogP contribution in [0.15, 0.2) is 36.4 Å². The second-order valence-corrected chi connectivity index (χ2v) is 4.95. The van der Waals surface area contributed by atoms with E-state index < -0.39 is 11.9 Å². The Morgan fingerprint density at radius 3 is 1.55 bits per heavy atom. The molecule has 0 saturated carbocycles. The second-order valence-electron chi connectivity index (χ2n) is 4.95. The van der Waals surface area contributed by atoms with Crippen LogP contribution in [0.3, 0.4) is 0 Å². The van der Waals surface area contributed by atoms with Crippen LogP contribution in [0.2, 0.25) is 0 Å². The van der Waals surface area contributed by atoms with Gasteiger partial charge < -0.3 is 21.7 Å². The minimum Gasteiger partial charge on any atom is -0.478 e. The molecule has 2 rings (SSSR count). The van der Waals surface area contributed by atoms with Gasteiger partial charge in [-0.15, -0.1) is 0 Å². The van der Waals surface area contributed by atoms with Crippen molar-refractivity contribution in [2.24, 2.45) is 0 Å². The molecule has 0 aromatic heterocycles. The Morgan fingerprint density at radius 1 is 0.864 bits per heavy atom. The Balaban J connectivity index is 2.56. The molecule has 0 heterocycles. The van der Waals surface area contributed by atoms with E-state index in [0.717, 1.165) is 0 Å². The molecule has 0 aliphatic carbocycles. The van der Waals surface area contributed by atoms with Gasteiger partial charge in [-0.05, 0) is 23.3 Å². The molecule has 0 radical (unpaired) electrons. The van der Waals surface area contributed by atoms with E-state index in [2.05, 4.69) is 0 Å². The lowest BCUT2D eigenvalue weighted by molar-refractivity contribution is 0.0687. The average Bonchev–Trinajstić information content (AvgIpc) is 2.46. The molecular weight excluding hydrogens is 284 g/mol. The molecule has 0 aliphatic heterocycles. The van der Waals surface area contributed by atoms with Gasteiger partial charge in [0, 0.05) is 17.3 Å². The smallest absolute Gasteiger partial charge is 0.337 e. The lowest BCUT2D eigenvalue weighted by Crippen LogP contribution is -2.11. The minimum absolute atomic E-state index is 0.0114. The van der Waals surface area contributed by atoms with E-state index in [1.807, 2.05) is 0 Å². The summed E-state index contributed by atoms with van der Waals surface area (Å²) >= 11 is 0. The highest BCUT2D eigenvalue weighted by atomic mass is 16.4. The van der Waals surface area contributed by atoms with E-state index in [1.54, 1.807) is 31.2 Å². The molecule has 0 aliphatic rings. The minimum atomic E-state index is -1.11. The zero-order chi connectivity index (χ0) is 16.4. The molecule has 0 unspecified atom stereocenters. The summed E-state index contributed by atoms with van der Waals surface area (Å²) in [7, 11) is 0. The van der Waals surface area contributed by atoms with Gasteiger partial charge in [0.15, 0.2) is 0 Å². The first kappa shape index (κ1) is 15.4. The molecule has 0 saturated heterocycles. The van der Waals surface area contributed by atoms with E-state index >= 15 is 0 Å². The molecule has 6 heteroatoms. The van der Waals surface area contributed by atoms with E-state index in [-0.39, 0.29) is 28.4 Å². The van der Waals surface area contributed by atoms with Gasteiger partial charge in [-0.25, -0.2) is 9.59 Å². The third-order valence-corrected chi connectivity index (χ3v) is 3.67. The lowest BCUT2D eigenvalue weighted by Gasteiger charge is -2.19. The molecule has 0 fully saturated rings. The van der Waals surface area contributed by atoms with Crippen LogP contribution >= 0.6 is 0 Å². The monoisotopic (exact) mass is 300 g/mol. The Hall–Kier alpha value is -3.02. The molecule has 0 amide bonds. The van der Waals surface area contributed by atoms with E-state index in [4.69, 9.17) is 21.7 Å². The molecule has 6 nitrogen and oxygen atoms in total. The van der Waals surface area contributed by atoms with Crippen LogP contribution in [0.5, 0.6) is 0 Å². The van der Waals surface area contributed by atoms with Crippen molar-refractivity contribution < 1.29 is 19.8 Å². The number of hydrogen-bond acceptors (Lipinski definition) is 4. The van der Waals surface area contributed by atoms with Crippen molar-refractivity contribution in [3.63, 3.8) is 0 Å². The van der Waals surface area contributed by atoms with Crippen LogP contribution in [0.1, 0.15) is 44.7 Å². The fourth-order valence-corrected chi connectivity index (χ4v) is 2.46. The fourth-order valence-electron chi connectivity index (χ4n) is 2.46. The SMILES string of the molecule is CC(c1cccc(C(=O)O)c1N)c1cccc(C(=O)O)c1N. The normalized spacial score (nSPS) is 10.6. The van der Waals surface area contributed by atoms with Crippen molar-refractivity contribution in [3.8, 4) is 0 Å². The summed E-state index contributed by atoms with van der Waals surface area (Å²) in [4.78, 5) is 22.3. The molecule has 22 heavy (non-hydrogen) atoms. The van der Waals surface area contributed by atoms with Crippen LogP contribution in [-0.2, 0) is 0 Å². The van der Waals surface area contributed by atoms with E-state index in [9.17, 15) is 9.59 Å². The van der Waals surface area contributed by atoms with Gasteiger partial charge in [-0.1, -0.05) is 31.2 Å². The lowest BCUT2D eigenvalue weighted by atomic mass is 9.88. The number of anilines is 2. The molecule has 0 spiro atoms. The van der Waals surface area contributed by atoms with Crippen molar-refractivity contribution in [3.05, 3.63) is 58.7 Å². The number of carbonyl (C=O) groups is 2. The highest BCUT2D eigenvalue weighted by molar-refractivity contribution is 5.96. The second kappa shape index (κ2) is 5.77. The molecule has 2 aromatic carbocycles. The first-order chi connectivity index (χ1) is 10.3. The highest BCUT2D eigenvalue weighted by Crippen LogP contribution is 2.34. The Bertz CT molecular complexity index is 692. The molecule has 2 aromatic rings. The molecule has 6 N–H and O–H groups in total. The predicted octanol–water partition coefficient (Wildman–Crippen LogP) is 2.40. The van der Waals surface area contributed by atoms with Gasteiger partial charge in [0.05, 0.1) is 11.1 Å². The number of hydrogen-bond donors (Lipinski definition) is 4. The van der Waals surface area contributed by atoms with Gasteiger partial charge in [0.25, 0.3) is 0 Å². The summed E-state index contributed by atoms with van der Waals surface area (Å²) in [6.45, 7) is 1.80. The first-order valence-corrected chi connectivity index (χ1v) is 6.58. The average molecular weight is 300 g/mol. The largest absolute Gasteiger partial charge is 0.478 e. The third-order valence-electron chi connectivity index (χ3n) is 3.67. The summed E-state index contributed by atoms with van der Waals surface area (Å²) in [6.07, 6.45) is 0. The van der Waals surface area contributed by atoms with Crippen LogP contribution in [-0.4, -0.2) is 22.2 Å². The van der Waals surface area contributed by atoms with Crippen molar-refractivity contribution in [1.82, 2.24) is 0 Å². The van der Waals surface area contributed by atoms with Crippen molar-refractivity contribution in [1.29, 1.82) is 0 Å². The number of nitrogen functional groups attached to an aromatic ring is 2. The van der Waals surface area contributed by atoms with Crippen molar-refractivity contribution in [2.75, 3.05) is 11.5 Å². The molecule has 0 atom stereocenters. The summed E-state index contributed by atoms with van der Waals surface area (Å²) in [5, 5.41) is 18.3. The summed E-state index contributed by atoms with van der Waals surface area (Å²) in [5.41, 5.74) is 13.4. The molecule has 114 valence electrons. The van der Waals surface area contributed by atoms with Crippen LogP contribution in [0.4, 0.5) is 11.4 Å². The number of aromatic carboxylic acids is 2. The predicted molar refractivity (Wildman–Crippen MR) is 83.1 cm³/mol. The number of carboxylic acids is 2. The number of rotatable bonds is 4. The number of benzene rings is 2. The topological polar surface area (TPSA) is 127 Å². The van der Waals surface area contributed by atoms with Crippen LogP contribution < -0.4 is 11.5 Å². The number of carboxylic acid groups (broad SMARTS) is 2. The summed E-state index contributed by atoms with van der Waals surface area (Å²) in [6, 6.07) is 9.46. The summed E-state index contributed by atoms with van der Waals surface area (Å²) in [5.74, 6) is -2.56. The van der Waals surface area contributed by atoms with Crippen molar-refractivity contribution >= 4 is 23.3 Å². The Morgan fingerprint density at radius 2 is 1.23 bits per heavy atom. The third kappa shape index (κ3) is 2.58. The first-order valence-electron chi connectivity index (χ1n) is 6.58. The van der Waals surface area contributed by atoms with Gasteiger partial charge in [0.1, 0.15) is 0 Å². The maximum absolute atomic E-state index is 11.2.